The first-order chi connectivity index (χ1) is 9.17. The molecule has 0 bridgehead atoms. The summed E-state index contributed by atoms with van der Waals surface area (Å²) in [4.78, 5) is 0. The van der Waals surface area contributed by atoms with E-state index in [1.165, 1.54) is 0 Å². The molecule has 0 radical (unpaired) electrons. The van der Waals surface area contributed by atoms with Gasteiger partial charge in [-0.05, 0) is 36.7 Å². The molecule has 108 valence electrons. The molecule has 0 saturated heterocycles. The molecule has 1 rings (SSSR count). The minimum absolute atomic E-state index is 0.164. The largest absolute Gasteiger partial charge is 0.547 e. The van der Waals surface area contributed by atoms with Gasteiger partial charge in [-0.3, -0.25) is 0 Å². The lowest BCUT2D eigenvalue weighted by Gasteiger charge is -2.36. The monoisotopic (exact) mass is 287 g/mol. The van der Waals surface area contributed by atoms with E-state index in [-0.39, 0.29) is 11.0 Å². The average molecular weight is 287 g/mol. The number of hydrogen-bond acceptors (Lipinski definition) is 2. The van der Waals surface area contributed by atoms with Crippen molar-refractivity contribution in [2.75, 3.05) is 0 Å². The molecule has 20 heavy (non-hydrogen) atoms. The first-order valence-corrected chi connectivity index (χ1v) is 9.90. The minimum atomic E-state index is -1.83. The average Bonchev–Trinajstić information content (AvgIpc) is 2.35. The predicted molar refractivity (Wildman–Crippen MR) is 86.8 cm³/mol. The highest BCUT2D eigenvalue weighted by atomic mass is 28.4. The Morgan fingerprint density at radius 2 is 1.80 bits per heavy atom. The first-order valence-electron chi connectivity index (χ1n) is 6.99. The van der Waals surface area contributed by atoms with E-state index in [2.05, 4.69) is 39.9 Å². The van der Waals surface area contributed by atoms with Crippen LogP contribution in [0.4, 0.5) is 0 Å². The lowest BCUT2D eigenvalue weighted by atomic mass is 10.0. The molecule has 0 amide bonds. The highest BCUT2D eigenvalue weighted by Gasteiger charge is 2.38. The van der Waals surface area contributed by atoms with Crippen molar-refractivity contribution in [3.05, 3.63) is 47.7 Å². The highest BCUT2D eigenvalue weighted by molar-refractivity contribution is 6.74. The van der Waals surface area contributed by atoms with Gasteiger partial charge in [0.25, 0.3) is 0 Å². The van der Waals surface area contributed by atoms with Crippen LogP contribution in [0, 0.1) is 11.3 Å². The quantitative estimate of drug-likeness (QED) is 0.562. The Labute approximate surface area is 124 Å². The van der Waals surface area contributed by atoms with Crippen LogP contribution in [0.5, 0.6) is 0 Å². The highest BCUT2D eigenvalue weighted by Crippen LogP contribution is 2.38. The second kappa shape index (κ2) is 6.28. The van der Waals surface area contributed by atoms with E-state index >= 15 is 0 Å². The van der Waals surface area contributed by atoms with E-state index in [1.807, 2.05) is 43.3 Å². The van der Waals surface area contributed by atoms with Crippen LogP contribution >= 0.6 is 0 Å². The van der Waals surface area contributed by atoms with Gasteiger partial charge in [0.05, 0.1) is 17.7 Å². The van der Waals surface area contributed by atoms with Crippen molar-refractivity contribution in [3.8, 4) is 6.07 Å². The summed E-state index contributed by atoms with van der Waals surface area (Å²) < 4.78 is 6.20. The first kappa shape index (κ1) is 16.5. The second-order valence-corrected chi connectivity index (χ2v) is 11.4. The van der Waals surface area contributed by atoms with Crippen molar-refractivity contribution in [1.82, 2.24) is 0 Å². The SMILES string of the molecule is C/C(=C\C(C#N)c1ccccc1)O[Si](C)(C)C(C)(C)C. The van der Waals surface area contributed by atoms with Crippen LogP contribution in [0.15, 0.2) is 42.2 Å². The molecule has 0 heterocycles. The molecule has 1 atom stereocenters. The number of allylic oxidation sites excluding steroid dienone is 2. The van der Waals surface area contributed by atoms with Gasteiger partial charge in [-0.25, -0.2) is 0 Å². The summed E-state index contributed by atoms with van der Waals surface area (Å²) in [7, 11) is -1.83. The van der Waals surface area contributed by atoms with E-state index < -0.39 is 8.32 Å². The summed E-state index contributed by atoms with van der Waals surface area (Å²) in [5.74, 6) is 0.605. The van der Waals surface area contributed by atoms with Crippen LogP contribution in [0.25, 0.3) is 0 Å². The van der Waals surface area contributed by atoms with E-state index in [1.54, 1.807) is 0 Å². The maximum absolute atomic E-state index is 9.35. The zero-order valence-electron chi connectivity index (χ0n) is 13.4. The van der Waals surface area contributed by atoms with Gasteiger partial charge in [0, 0.05) is 0 Å². The normalized spacial score (nSPS) is 14.6. The standard InChI is InChI=1S/C17H25NOSi/c1-14(19-20(5,6)17(2,3)4)12-16(13-18)15-10-8-7-9-11-15/h7-12,16H,1-6H3/b14-12+. The van der Waals surface area contributed by atoms with Gasteiger partial charge in [0.2, 0.25) is 8.32 Å². The van der Waals surface area contributed by atoms with Crippen molar-refractivity contribution in [1.29, 1.82) is 5.26 Å². The lowest BCUT2D eigenvalue weighted by molar-refractivity contribution is 0.384. The Bertz CT molecular complexity index is 506. The Morgan fingerprint density at radius 1 is 1.25 bits per heavy atom. The number of rotatable bonds is 4. The van der Waals surface area contributed by atoms with Crippen LogP contribution < -0.4 is 0 Å². The van der Waals surface area contributed by atoms with Gasteiger partial charge in [-0.2, -0.15) is 5.26 Å². The van der Waals surface area contributed by atoms with Crippen molar-refractivity contribution in [2.24, 2.45) is 0 Å². The number of nitriles is 1. The lowest BCUT2D eigenvalue weighted by Crippen LogP contribution is -2.40. The summed E-state index contributed by atoms with van der Waals surface area (Å²) in [6, 6.07) is 12.2. The molecule has 0 aromatic heterocycles. The molecule has 0 N–H and O–H groups in total. The molecule has 1 aromatic carbocycles. The number of benzene rings is 1. The molecular formula is C17H25NOSi. The van der Waals surface area contributed by atoms with Crippen molar-refractivity contribution < 1.29 is 4.43 Å². The molecule has 0 fully saturated rings. The van der Waals surface area contributed by atoms with Crippen LogP contribution in [0.2, 0.25) is 18.1 Å². The molecule has 0 aliphatic rings. The molecule has 3 heteroatoms. The summed E-state index contributed by atoms with van der Waals surface area (Å²) in [5.41, 5.74) is 1.01. The minimum Gasteiger partial charge on any atom is -0.547 e. The second-order valence-electron chi connectivity index (χ2n) is 6.66. The van der Waals surface area contributed by atoms with Gasteiger partial charge in [0.1, 0.15) is 0 Å². The third-order valence-electron chi connectivity index (χ3n) is 3.92. The molecule has 2 nitrogen and oxygen atoms in total. The number of hydrogen-bond donors (Lipinski definition) is 0. The Morgan fingerprint density at radius 3 is 2.25 bits per heavy atom. The molecule has 0 spiro atoms. The fourth-order valence-electron chi connectivity index (χ4n) is 1.69. The zero-order chi connectivity index (χ0) is 15.4. The number of nitrogens with zero attached hydrogens (tertiary/aromatic N) is 1. The van der Waals surface area contributed by atoms with Gasteiger partial charge < -0.3 is 4.43 Å². The van der Waals surface area contributed by atoms with E-state index in [4.69, 9.17) is 4.43 Å². The fraction of sp³-hybridized carbons (Fsp3) is 0.471. The van der Waals surface area contributed by atoms with E-state index in [0.717, 1.165) is 11.3 Å². The summed E-state index contributed by atoms with van der Waals surface area (Å²) in [5, 5.41) is 9.51. The van der Waals surface area contributed by atoms with Crippen molar-refractivity contribution in [3.63, 3.8) is 0 Å². The van der Waals surface area contributed by atoms with Gasteiger partial charge in [-0.1, -0.05) is 51.1 Å². The molecule has 0 aliphatic carbocycles. The Kier molecular flexibility index (Phi) is 5.19. The topological polar surface area (TPSA) is 33.0 Å². The van der Waals surface area contributed by atoms with Crippen LogP contribution in [-0.2, 0) is 4.43 Å². The van der Waals surface area contributed by atoms with Gasteiger partial charge in [-0.15, -0.1) is 0 Å². The van der Waals surface area contributed by atoms with E-state index in [9.17, 15) is 5.26 Å². The molecule has 1 aromatic rings. The van der Waals surface area contributed by atoms with Crippen LogP contribution in [0.1, 0.15) is 39.2 Å². The summed E-state index contributed by atoms with van der Waals surface area (Å²) >= 11 is 0. The van der Waals surface area contributed by atoms with Crippen LogP contribution in [0.3, 0.4) is 0 Å². The third kappa shape index (κ3) is 4.24. The third-order valence-corrected chi connectivity index (χ3v) is 8.37. The Hall–Kier alpha value is -1.53. The summed E-state index contributed by atoms with van der Waals surface area (Å²) in [6.07, 6.45) is 1.93. The fourth-order valence-corrected chi connectivity index (χ4v) is 2.87. The molecule has 0 saturated carbocycles. The molecule has 0 aliphatic heterocycles. The maximum Gasteiger partial charge on any atom is 0.250 e. The predicted octanol–water partition coefficient (Wildman–Crippen LogP) is 5.22. The van der Waals surface area contributed by atoms with Gasteiger partial charge in [0.15, 0.2) is 0 Å². The van der Waals surface area contributed by atoms with E-state index in [0.29, 0.717) is 0 Å². The van der Waals surface area contributed by atoms with Gasteiger partial charge >= 0.3 is 0 Å². The molecular weight excluding hydrogens is 262 g/mol. The Balaban J connectivity index is 2.91. The summed E-state index contributed by atoms with van der Waals surface area (Å²) in [6.45, 7) is 13.0. The van der Waals surface area contributed by atoms with Crippen molar-refractivity contribution in [2.45, 2.75) is 51.7 Å². The smallest absolute Gasteiger partial charge is 0.250 e. The molecule has 1 unspecified atom stereocenters. The van der Waals surface area contributed by atoms with Crippen molar-refractivity contribution >= 4 is 8.32 Å². The van der Waals surface area contributed by atoms with Crippen LogP contribution in [-0.4, -0.2) is 8.32 Å². The zero-order valence-corrected chi connectivity index (χ0v) is 14.4. The maximum atomic E-state index is 9.35.